The third-order valence-corrected chi connectivity index (χ3v) is 5.07. The molecule has 30 heavy (non-hydrogen) atoms. The van der Waals surface area contributed by atoms with Gasteiger partial charge in [-0.3, -0.25) is 10.1 Å². The maximum absolute atomic E-state index is 11.2. The molecule has 3 aromatic carbocycles. The topological polar surface area (TPSA) is 89.6 Å². The molecule has 1 heterocycles. The van der Waals surface area contributed by atoms with Crippen molar-refractivity contribution in [3.8, 4) is 5.75 Å². The largest absolute Gasteiger partial charge is 0.494 e. The minimum Gasteiger partial charge on any atom is -0.494 e. The number of aromatic nitrogens is 1. The fourth-order valence-corrected chi connectivity index (χ4v) is 3.70. The maximum Gasteiger partial charge on any atom is 0.270 e. The lowest BCUT2D eigenvalue weighted by molar-refractivity contribution is -0.384. The van der Waals surface area contributed by atoms with Crippen LogP contribution in [0.25, 0.3) is 21.8 Å². The van der Waals surface area contributed by atoms with Crippen molar-refractivity contribution in [1.29, 1.82) is 0 Å². The van der Waals surface area contributed by atoms with Gasteiger partial charge in [0.05, 0.1) is 24.2 Å². The predicted octanol–water partition coefficient (Wildman–Crippen LogP) is 4.57. The molecule has 0 aliphatic heterocycles. The molecule has 0 spiro atoms. The first-order valence-corrected chi connectivity index (χ1v) is 9.87. The fourth-order valence-electron chi connectivity index (χ4n) is 3.70. The lowest BCUT2D eigenvalue weighted by Crippen LogP contribution is -2.24. The summed E-state index contributed by atoms with van der Waals surface area (Å²) in [6.45, 7) is 3.30. The van der Waals surface area contributed by atoms with Crippen LogP contribution < -0.4 is 10.1 Å². The second-order valence-electron chi connectivity index (χ2n) is 7.08. The number of aliphatic hydroxyl groups excluding tert-OH is 1. The summed E-state index contributed by atoms with van der Waals surface area (Å²) >= 11 is 0. The number of anilines is 1. The number of ether oxygens (including phenoxy) is 1. The lowest BCUT2D eigenvalue weighted by Gasteiger charge is -2.16. The Morgan fingerprint density at radius 2 is 1.80 bits per heavy atom. The summed E-state index contributed by atoms with van der Waals surface area (Å²) in [5, 5.41) is 26.8. The van der Waals surface area contributed by atoms with Crippen molar-refractivity contribution in [2.24, 2.45) is 0 Å². The number of hydrogen-bond donors (Lipinski definition) is 2. The molecule has 7 nitrogen and oxygen atoms in total. The monoisotopic (exact) mass is 405 g/mol. The summed E-state index contributed by atoms with van der Waals surface area (Å²) in [6, 6.07) is 20.2. The highest BCUT2D eigenvalue weighted by Crippen LogP contribution is 2.31. The van der Waals surface area contributed by atoms with E-state index in [1.165, 1.54) is 6.07 Å². The molecule has 4 rings (SSSR count). The molecule has 0 saturated heterocycles. The number of nitrogens with one attached hydrogen (secondary N) is 1. The molecule has 0 aliphatic carbocycles. The fraction of sp³-hybridized carbons (Fsp3) is 0.217. The Balaban J connectivity index is 1.55. The molecular weight excluding hydrogens is 382 g/mol. The van der Waals surface area contributed by atoms with Crippen molar-refractivity contribution >= 4 is 33.2 Å². The average Bonchev–Trinajstić information content (AvgIpc) is 3.06. The van der Waals surface area contributed by atoms with Crippen LogP contribution >= 0.6 is 0 Å². The number of rotatable bonds is 8. The smallest absolute Gasteiger partial charge is 0.270 e. The highest BCUT2D eigenvalue weighted by molar-refractivity contribution is 6.08. The first kappa shape index (κ1) is 19.7. The van der Waals surface area contributed by atoms with E-state index >= 15 is 0 Å². The van der Waals surface area contributed by atoms with Gasteiger partial charge in [-0.2, -0.15) is 0 Å². The quantitative estimate of drug-likeness (QED) is 0.331. The van der Waals surface area contributed by atoms with Crippen LogP contribution in [0.4, 0.5) is 11.4 Å². The number of para-hydroxylation sites is 1. The molecule has 0 fully saturated rings. The molecule has 0 amide bonds. The minimum atomic E-state index is -0.647. The molecule has 4 aromatic rings. The van der Waals surface area contributed by atoms with Crippen molar-refractivity contribution in [2.75, 3.05) is 18.5 Å². The summed E-state index contributed by atoms with van der Waals surface area (Å²) in [7, 11) is 0. The van der Waals surface area contributed by atoms with Crippen molar-refractivity contribution in [1.82, 2.24) is 4.57 Å². The second kappa shape index (κ2) is 8.42. The Morgan fingerprint density at radius 3 is 2.53 bits per heavy atom. The molecule has 0 bridgehead atoms. The van der Waals surface area contributed by atoms with Crippen LogP contribution in [-0.2, 0) is 6.54 Å². The zero-order valence-corrected chi connectivity index (χ0v) is 16.6. The number of fused-ring (bicyclic) bond motifs is 3. The third kappa shape index (κ3) is 3.92. The van der Waals surface area contributed by atoms with Gasteiger partial charge in [0.1, 0.15) is 5.75 Å². The van der Waals surface area contributed by atoms with Gasteiger partial charge in [0, 0.05) is 46.2 Å². The van der Waals surface area contributed by atoms with Gasteiger partial charge in [0.25, 0.3) is 5.69 Å². The molecule has 7 heteroatoms. The molecule has 154 valence electrons. The summed E-state index contributed by atoms with van der Waals surface area (Å²) < 4.78 is 7.45. The molecular formula is C23H23N3O4. The zero-order valence-electron chi connectivity index (χ0n) is 16.6. The standard InChI is InChI=1S/C23H23N3O4/c1-2-30-19-10-7-16(8-11-19)24-14-18(27)15-25-22-6-4-3-5-20(22)21-13-17(26(28)29)9-12-23(21)25/h3-13,18,24,27H,2,14-15H2,1H3. The Morgan fingerprint density at radius 1 is 1.07 bits per heavy atom. The zero-order chi connectivity index (χ0) is 21.1. The summed E-state index contributed by atoms with van der Waals surface area (Å²) in [5.74, 6) is 0.808. The van der Waals surface area contributed by atoms with Gasteiger partial charge in [-0.25, -0.2) is 0 Å². The Hall–Kier alpha value is -3.58. The van der Waals surface area contributed by atoms with Gasteiger partial charge >= 0.3 is 0 Å². The number of benzene rings is 3. The minimum absolute atomic E-state index is 0.0584. The van der Waals surface area contributed by atoms with E-state index in [0.29, 0.717) is 19.7 Å². The number of nitro groups is 1. The van der Waals surface area contributed by atoms with Crippen molar-refractivity contribution < 1.29 is 14.8 Å². The van der Waals surface area contributed by atoms with E-state index in [1.807, 2.05) is 60.0 Å². The van der Waals surface area contributed by atoms with E-state index in [9.17, 15) is 15.2 Å². The average molecular weight is 405 g/mol. The van der Waals surface area contributed by atoms with Gasteiger partial charge in [-0.15, -0.1) is 0 Å². The molecule has 1 aromatic heterocycles. The normalized spacial score (nSPS) is 12.2. The number of aliphatic hydroxyl groups is 1. The Kier molecular flexibility index (Phi) is 5.54. The van der Waals surface area contributed by atoms with Gasteiger partial charge in [0.15, 0.2) is 0 Å². The molecule has 0 radical (unpaired) electrons. The van der Waals surface area contributed by atoms with Crippen molar-refractivity contribution in [2.45, 2.75) is 19.6 Å². The first-order valence-electron chi connectivity index (χ1n) is 9.87. The van der Waals surface area contributed by atoms with Crippen LogP contribution in [0.2, 0.25) is 0 Å². The van der Waals surface area contributed by atoms with Crippen LogP contribution in [0.5, 0.6) is 5.75 Å². The van der Waals surface area contributed by atoms with Gasteiger partial charge < -0.3 is 19.7 Å². The van der Waals surface area contributed by atoms with Crippen LogP contribution in [0.3, 0.4) is 0 Å². The summed E-state index contributed by atoms with van der Waals surface area (Å²) in [5.41, 5.74) is 2.76. The molecule has 1 atom stereocenters. The van der Waals surface area contributed by atoms with Crippen molar-refractivity contribution in [3.63, 3.8) is 0 Å². The molecule has 2 N–H and O–H groups in total. The van der Waals surface area contributed by atoms with Gasteiger partial charge in [0.2, 0.25) is 0 Å². The van der Waals surface area contributed by atoms with E-state index < -0.39 is 6.10 Å². The van der Waals surface area contributed by atoms with E-state index in [-0.39, 0.29) is 10.6 Å². The molecule has 0 aliphatic rings. The number of nitro benzene ring substituents is 1. The third-order valence-electron chi connectivity index (χ3n) is 5.07. The van der Waals surface area contributed by atoms with E-state index in [0.717, 1.165) is 33.2 Å². The van der Waals surface area contributed by atoms with Crippen LogP contribution in [-0.4, -0.2) is 33.9 Å². The molecule has 1 unspecified atom stereocenters. The Labute approximate surface area is 173 Å². The highest BCUT2D eigenvalue weighted by Gasteiger charge is 2.16. The highest BCUT2D eigenvalue weighted by atomic mass is 16.6. The summed E-state index contributed by atoms with van der Waals surface area (Å²) in [4.78, 5) is 10.8. The second-order valence-corrected chi connectivity index (χ2v) is 7.08. The van der Waals surface area contributed by atoms with Crippen LogP contribution in [0, 0.1) is 10.1 Å². The lowest BCUT2D eigenvalue weighted by atomic mass is 10.1. The van der Waals surface area contributed by atoms with E-state index in [2.05, 4.69) is 5.32 Å². The predicted molar refractivity (Wildman–Crippen MR) is 118 cm³/mol. The van der Waals surface area contributed by atoms with Crippen molar-refractivity contribution in [3.05, 3.63) is 76.8 Å². The summed E-state index contributed by atoms with van der Waals surface area (Å²) in [6.07, 6.45) is -0.647. The van der Waals surface area contributed by atoms with Crippen LogP contribution in [0.15, 0.2) is 66.7 Å². The SMILES string of the molecule is CCOc1ccc(NCC(O)Cn2c3ccccc3c3cc([N+](=O)[O-])ccc32)cc1. The maximum atomic E-state index is 11.2. The number of hydrogen-bond acceptors (Lipinski definition) is 5. The molecule has 0 saturated carbocycles. The van der Waals surface area contributed by atoms with Crippen LogP contribution in [0.1, 0.15) is 6.92 Å². The number of non-ortho nitro benzene ring substituents is 1. The van der Waals surface area contributed by atoms with Gasteiger partial charge in [-0.1, -0.05) is 18.2 Å². The van der Waals surface area contributed by atoms with E-state index in [1.54, 1.807) is 12.1 Å². The van der Waals surface area contributed by atoms with Gasteiger partial charge in [-0.05, 0) is 43.3 Å². The Bertz CT molecular complexity index is 1180. The first-order chi connectivity index (χ1) is 14.6. The van der Waals surface area contributed by atoms with E-state index in [4.69, 9.17) is 4.74 Å². The number of nitrogens with zero attached hydrogens (tertiary/aromatic N) is 2.